The standard InChI is InChI=1S/C17H19ClN2O4/c1-4-8-23-16(21)12(9-19)10-20-14-7-5-6-13(15(14)18)17(22)24-11(2)3/h5-7,10-12H,4,8H2,1-3H3. The van der Waals surface area contributed by atoms with Crippen LogP contribution in [-0.2, 0) is 14.3 Å². The van der Waals surface area contributed by atoms with Crippen LogP contribution in [-0.4, -0.2) is 30.9 Å². The molecule has 0 aliphatic rings. The number of esters is 2. The number of nitrogens with zero attached hydrogens (tertiary/aromatic N) is 2. The fourth-order valence-electron chi connectivity index (χ4n) is 1.65. The van der Waals surface area contributed by atoms with E-state index in [2.05, 4.69) is 4.99 Å². The molecule has 0 heterocycles. The Morgan fingerprint density at radius 2 is 2.12 bits per heavy atom. The number of benzene rings is 1. The molecule has 128 valence electrons. The van der Waals surface area contributed by atoms with Crippen LogP contribution in [0.15, 0.2) is 23.2 Å². The summed E-state index contributed by atoms with van der Waals surface area (Å²) in [5, 5.41) is 9.13. The molecule has 0 amide bonds. The van der Waals surface area contributed by atoms with Gasteiger partial charge < -0.3 is 9.47 Å². The molecule has 0 aliphatic heterocycles. The number of rotatable bonds is 7. The normalized spacial score (nSPS) is 12.0. The number of carbonyl (C=O) groups excluding carboxylic acids is 2. The molecule has 24 heavy (non-hydrogen) atoms. The van der Waals surface area contributed by atoms with Gasteiger partial charge in [-0.15, -0.1) is 0 Å². The van der Waals surface area contributed by atoms with Gasteiger partial charge in [-0.25, -0.2) is 4.79 Å². The molecule has 1 atom stereocenters. The van der Waals surface area contributed by atoms with Crippen molar-refractivity contribution in [2.24, 2.45) is 10.9 Å². The number of ether oxygens (including phenoxy) is 2. The van der Waals surface area contributed by atoms with Crippen molar-refractivity contribution in [2.75, 3.05) is 6.61 Å². The van der Waals surface area contributed by atoms with Crippen LogP contribution in [0.25, 0.3) is 0 Å². The van der Waals surface area contributed by atoms with Gasteiger partial charge in [0.2, 0.25) is 0 Å². The van der Waals surface area contributed by atoms with E-state index in [0.29, 0.717) is 6.42 Å². The van der Waals surface area contributed by atoms with Gasteiger partial charge in [-0.2, -0.15) is 5.26 Å². The lowest BCUT2D eigenvalue weighted by molar-refractivity contribution is -0.144. The second-order valence-corrected chi connectivity index (χ2v) is 5.52. The monoisotopic (exact) mass is 350 g/mol. The van der Waals surface area contributed by atoms with Crippen molar-refractivity contribution >= 4 is 35.4 Å². The van der Waals surface area contributed by atoms with Gasteiger partial charge in [-0.05, 0) is 32.4 Å². The van der Waals surface area contributed by atoms with Gasteiger partial charge in [-0.1, -0.05) is 24.6 Å². The molecule has 7 heteroatoms. The molecule has 1 rings (SSSR count). The topological polar surface area (TPSA) is 88.8 Å². The summed E-state index contributed by atoms with van der Waals surface area (Å²) in [6, 6.07) is 6.48. The second-order valence-electron chi connectivity index (χ2n) is 5.15. The van der Waals surface area contributed by atoms with Crippen LogP contribution in [0.2, 0.25) is 5.02 Å². The Hall–Kier alpha value is -2.39. The molecule has 6 nitrogen and oxygen atoms in total. The molecule has 0 saturated heterocycles. The van der Waals surface area contributed by atoms with E-state index in [4.69, 9.17) is 26.3 Å². The number of hydrogen-bond donors (Lipinski definition) is 0. The molecule has 0 fully saturated rings. The highest BCUT2D eigenvalue weighted by Gasteiger charge is 2.18. The van der Waals surface area contributed by atoms with Crippen molar-refractivity contribution in [2.45, 2.75) is 33.3 Å². The Morgan fingerprint density at radius 3 is 2.71 bits per heavy atom. The molecule has 0 aromatic heterocycles. The molecule has 0 bridgehead atoms. The zero-order chi connectivity index (χ0) is 18.1. The summed E-state index contributed by atoms with van der Waals surface area (Å²) < 4.78 is 10.0. The summed E-state index contributed by atoms with van der Waals surface area (Å²) in [4.78, 5) is 27.7. The lowest BCUT2D eigenvalue weighted by Gasteiger charge is -2.10. The maximum Gasteiger partial charge on any atom is 0.339 e. The predicted molar refractivity (Wildman–Crippen MR) is 90.5 cm³/mol. The van der Waals surface area contributed by atoms with Crippen molar-refractivity contribution in [1.29, 1.82) is 5.26 Å². The number of nitriles is 1. The van der Waals surface area contributed by atoms with E-state index in [0.717, 1.165) is 6.21 Å². The van der Waals surface area contributed by atoms with Gasteiger partial charge in [-0.3, -0.25) is 9.79 Å². The average Bonchev–Trinajstić information content (AvgIpc) is 2.54. The van der Waals surface area contributed by atoms with Crippen molar-refractivity contribution < 1.29 is 19.1 Å². The van der Waals surface area contributed by atoms with E-state index >= 15 is 0 Å². The smallest absolute Gasteiger partial charge is 0.339 e. The van der Waals surface area contributed by atoms with E-state index in [1.165, 1.54) is 6.07 Å². The highest BCUT2D eigenvalue weighted by molar-refractivity contribution is 6.36. The maximum atomic E-state index is 12.0. The first-order valence-corrected chi connectivity index (χ1v) is 7.88. The van der Waals surface area contributed by atoms with Crippen molar-refractivity contribution in [3.63, 3.8) is 0 Å². The van der Waals surface area contributed by atoms with Gasteiger partial charge in [0.25, 0.3) is 0 Å². The molecule has 1 aromatic carbocycles. The summed E-state index contributed by atoms with van der Waals surface area (Å²) >= 11 is 6.16. The summed E-state index contributed by atoms with van der Waals surface area (Å²) in [7, 11) is 0. The lowest BCUT2D eigenvalue weighted by Crippen LogP contribution is -2.17. The fourth-order valence-corrected chi connectivity index (χ4v) is 1.90. The molecule has 0 radical (unpaired) electrons. The molecular formula is C17H19ClN2O4. The fraction of sp³-hybridized carbons (Fsp3) is 0.412. The van der Waals surface area contributed by atoms with Crippen LogP contribution in [0, 0.1) is 17.2 Å². The van der Waals surface area contributed by atoms with E-state index < -0.39 is 17.9 Å². The minimum Gasteiger partial charge on any atom is -0.464 e. The Bertz CT molecular complexity index is 665. The van der Waals surface area contributed by atoms with Crippen molar-refractivity contribution in [3.8, 4) is 6.07 Å². The zero-order valence-corrected chi connectivity index (χ0v) is 14.5. The first-order valence-electron chi connectivity index (χ1n) is 7.50. The molecule has 0 spiro atoms. The number of halogens is 1. The summed E-state index contributed by atoms with van der Waals surface area (Å²) in [6.45, 7) is 5.55. The average molecular weight is 351 g/mol. The van der Waals surface area contributed by atoms with Gasteiger partial charge >= 0.3 is 11.9 Å². The maximum absolute atomic E-state index is 12.0. The van der Waals surface area contributed by atoms with Crippen molar-refractivity contribution in [1.82, 2.24) is 0 Å². The lowest BCUT2D eigenvalue weighted by atomic mass is 10.2. The third-order valence-corrected chi connectivity index (χ3v) is 3.14. The summed E-state index contributed by atoms with van der Waals surface area (Å²) in [5.74, 6) is -2.38. The Kier molecular flexibility index (Phi) is 7.93. The number of carbonyl (C=O) groups is 2. The third kappa shape index (κ3) is 5.67. The largest absolute Gasteiger partial charge is 0.464 e. The van der Waals surface area contributed by atoms with Crippen LogP contribution in [0.5, 0.6) is 0 Å². The molecule has 0 saturated carbocycles. The van der Waals surface area contributed by atoms with E-state index in [1.807, 2.05) is 6.92 Å². The first-order chi connectivity index (χ1) is 11.4. The molecule has 1 unspecified atom stereocenters. The molecule has 1 aromatic rings. The quantitative estimate of drug-likeness (QED) is 0.552. The number of hydrogen-bond acceptors (Lipinski definition) is 6. The van der Waals surface area contributed by atoms with Gasteiger partial charge in [0.05, 0.1) is 35.1 Å². The van der Waals surface area contributed by atoms with E-state index in [-0.39, 0.29) is 29.0 Å². The van der Waals surface area contributed by atoms with Crippen LogP contribution >= 0.6 is 11.6 Å². The van der Waals surface area contributed by atoms with Gasteiger partial charge in [0.1, 0.15) is 0 Å². The van der Waals surface area contributed by atoms with Crippen LogP contribution in [0.1, 0.15) is 37.6 Å². The second kappa shape index (κ2) is 9.68. The molecule has 0 aliphatic carbocycles. The highest BCUT2D eigenvalue weighted by Crippen LogP contribution is 2.29. The molecule has 0 N–H and O–H groups in total. The highest BCUT2D eigenvalue weighted by atomic mass is 35.5. The van der Waals surface area contributed by atoms with E-state index in [1.54, 1.807) is 32.0 Å². The van der Waals surface area contributed by atoms with E-state index in [9.17, 15) is 9.59 Å². The van der Waals surface area contributed by atoms with Crippen LogP contribution in [0.3, 0.4) is 0 Å². The zero-order valence-electron chi connectivity index (χ0n) is 13.8. The Morgan fingerprint density at radius 1 is 1.42 bits per heavy atom. The molecular weight excluding hydrogens is 332 g/mol. The summed E-state index contributed by atoms with van der Waals surface area (Å²) in [6.07, 6.45) is 1.53. The van der Waals surface area contributed by atoms with Crippen molar-refractivity contribution in [3.05, 3.63) is 28.8 Å². The van der Waals surface area contributed by atoms with Gasteiger partial charge in [0, 0.05) is 6.21 Å². The van der Waals surface area contributed by atoms with Crippen LogP contribution in [0.4, 0.5) is 5.69 Å². The Labute approximate surface area is 146 Å². The summed E-state index contributed by atoms with van der Waals surface area (Å²) in [5.41, 5.74) is 0.431. The number of aliphatic imine (C=N–C) groups is 1. The SMILES string of the molecule is CCCOC(=O)C(C#N)C=Nc1cccc(C(=O)OC(C)C)c1Cl. The first kappa shape index (κ1) is 19.7. The minimum atomic E-state index is -1.14. The predicted octanol–water partition coefficient (Wildman–Crippen LogP) is 3.70. The third-order valence-electron chi connectivity index (χ3n) is 2.75. The van der Waals surface area contributed by atoms with Crippen LogP contribution < -0.4 is 0 Å². The van der Waals surface area contributed by atoms with Gasteiger partial charge in [0.15, 0.2) is 5.92 Å². The minimum absolute atomic E-state index is 0.0954. The Balaban J connectivity index is 2.96.